The molecule has 19 heavy (non-hydrogen) atoms. The van der Waals surface area contributed by atoms with Gasteiger partial charge < -0.3 is 19.4 Å². The third-order valence-corrected chi connectivity index (χ3v) is 2.59. The Kier molecular flexibility index (Phi) is 3.96. The van der Waals surface area contributed by atoms with Crippen LogP contribution >= 0.6 is 0 Å². The maximum absolute atomic E-state index is 10.8. The van der Waals surface area contributed by atoms with E-state index in [9.17, 15) is 4.79 Å². The molecule has 7 nitrogen and oxygen atoms in total. The van der Waals surface area contributed by atoms with Crippen molar-refractivity contribution < 1.29 is 18.8 Å². The van der Waals surface area contributed by atoms with Gasteiger partial charge in [-0.1, -0.05) is 5.16 Å². The van der Waals surface area contributed by atoms with E-state index in [0.29, 0.717) is 42.7 Å². The average Bonchev–Trinajstić information content (AvgIpc) is 2.91. The van der Waals surface area contributed by atoms with E-state index >= 15 is 0 Å². The lowest BCUT2D eigenvalue weighted by Crippen LogP contribution is -2.16. The van der Waals surface area contributed by atoms with Gasteiger partial charge in [0, 0.05) is 19.9 Å². The number of aromatic nitrogens is 2. The zero-order valence-electron chi connectivity index (χ0n) is 10.8. The molecule has 2 aromatic rings. The molecule has 0 saturated carbocycles. The van der Waals surface area contributed by atoms with Crippen molar-refractivity contribution in [1.29, 1.82) is 0 Å². The molecule has 2 rings (SSSR count). The number of hydrogen-bond donors (Lipinski definition) is 2. The Hall–Kier alpha value is -2.15. The van der Waals surface area contributed by atoms with E-state index in [1.807, 2.05) is 0 Å². The van der Waals surface area contributed by atoms with Gasteiger partial charge in [-0.15, -0.1) is 0 Å². The molecule has 0 aliphatic rings. The molecule has 0 unspecified atom stereocenters. The third kappa shape index (κ3) is 3.41. The van der Waals surface area contributed by atoms with E-state index in [1.165, 1.54) is 6.07 Å². The summed E-state index contributed by atoms with van der Waals surface area (Å²) in [7, 11) is 0. The van der Waals surface area contributed by atoms with Crippen molar-refractivity contribution in [3.05, 3.63) is 34.9 Å². The Bertz CT molecular complexity index is 573. The van der Waals surface area contributed by atoms with Crippen LogP contribution in [0.3, 0.4) is 0 Å². The molecule has 0 radical (unpaired) electrons. The van der Waals surface area contributed by atoms with Crippen LogP contribution in [0.25, 0.3) is 0 Å². The first kappa shape index (κ1) is 13.3. The fourth-order valence-electron chi connectivity index (χ4n) is 1.70. The van der Waals surface area contributed by atoms with Crippen LogP contribution in [0.4, 0.5) is 0 Å². The highest BCUT2D eigenvalue weighted by atomic mass is 16.5. The molecule has 0 bridgehead atoms. The van der Waals surface area contributed by atoms with Gasteiger partial charge >= 0.3 is 5.97 Å². The summed E-state index contributed by atoms with van der Waals surface area (Å²) in [5, 5.41) is 15.8. The first-order valence-electron chi connectivity index (χ1n) is 5.89. The number of nitrogens with one attached hydrogen (secondary N) is 1. The summed E-state index contributed by atoms with van der Waals surface area (Å²) in [4.78, 5) is 14.9. The van der Waals surface area contributed by atoms with Crippen molar-refractivity contribution in [2.75, 3.05) is 6.54 Å². The second-order valence-corrected chi connectivity index (χ2v) is 4.14. The van der Waals surface area contributed by atoms with Gasteiger partial charge in [-0.05, 0) is 13.0 Å². The molecule has 0 aliphatic heterocycles. The summed E-state index contributed by atoms with van der Waals surface area (Å²) >= 11 is 0. The largest absolute Gasteiger partial charge is 0.478 e. The quantitative estimate of drug-likeness (QED) is 0.759. The number of aromatic carboxylic acids is 1. The Morgan fingerprint density at radius 2 is 2.26 bits per heavy atom. The summed E-state index contributed by atoms with van der Waals surface area (Å²) < 4.78 is 10.2. The van der Waals surface area contributed by atoms with Crippen molar-refractivity contribution >= 4 is 5.97 Å². The first-order chi connectivity index (χ1) is 9.06. The summed E-state index contributed by atoms with van der Waals surface area (Å²) in [6, 6.07) is 1.53. The second kappa shape index (κ2) is 5.66. The number of nitrogens with zero attached hydrogens (tertiary/aromatic N) is 2. The number of furan rings is 1. The number of carboxylic acids is 1. The van der Waals surface area contributed by atoms with E-state index in [-0.39, 0.29) is 5.56 Å². The van der Waals surface area contributed by atoms with Gasteiger partial charge in [0.2, 0.25) is 5.89 Å². The van der Waals surface area contributed by atoms with Gasteiger partial charge in [0.15, 0.2) is 5.82 Å². The van der Waals surface area contributed by atoms with Crippen LogP contribution in [0.2, 0.25) is 0 Å². The summed E-state index contributed by atoms with van der Waals surface area (Å²) in [6.07, 6.45) is 0.642. The Morgan fingerprint density at radius 1 is 1.47 bits per heavy atom. The number of hydrogen-bond acceptors (Lipinski definition) is 6. The molecule has 0 saturated heterocycles. The van der Waals surface area contributed by atoms with Crippen LogP contribution in [0.1, 0.15) is 33.6 Å². The average molecular weight is 265 g/mol. The summed E-state index contributed by atoms with van der Waals surface area (Å²) in [5.41, 5.74) is 0.200. The number of rotatable bonds is 6. The third-order valence-electron chi connectivity index (χ3n) is 2.59. The molecule has 0 fully saturated rings. The van der Waals surface area contributed by atoms with E-state index < -0.39 is 5.97 Å². The molecule has 2 N–H and O–H groups in total. The molecule has 0 aromatic carbocycles. The Morgan fingerprint density at radius 3 is 2.84 bits per heavy atom. The molecule has 0 atom stereocenters. The number of aryl methyl sites for hydroxylation is 2. The fraction of sp³-hybridized carbons (Fsp3) is 0.417. The predicted octanol–water partition coefficient (Wildman–Crippen LogP) is 1.31. The zero-order chi connectivity index (χ0) is 13.8. The van der Waals surface area contributed by atoms with Gasteiger partial charge in [-0.2, -0.15) is 4.98 Å². The van der Waals surface area contributed by atoms with E-state index in [1.54, 1.807) is 13.8 Å². The molecule has 2 aromatic heterocycles. The van der Waals surface area contributed by atoms with Crippen molar-refractivity contribution in [3.8, 4) is 0 Å². The normalized spacial score (nSPS) is 10.8. The minimum absolute atomic E-state index is 0.200. The SMILES string of the molecule is Cc1nc(CCNCc2cc(C(=O)O)c(C)o2)no1. The predicted molar refractivity (Wildman–Crippen MR) is 64.9 cm³/mol. The lowest BCUT2D eigenvalue weighted by atomic mass is 10.2. The molecular formula is C12H15N3O4. The van der Waals surface area contributed by atoms with Gasteiger partial charge in [-0.25, -0.2) is 4.79 Å². The minimum Gasteiger partial charge on any atom is -0.478 e. The lowest BCUT2D eigenvalue weighted by Gasteiger charge is -1.99. The molecule has 2 heterocycles. The molecule has 0 spiro atoms. The Balaban J connectivity index is 1.79. The van der Waals surface area contributed by atoms with Gasteiger partial charge in [0.25, 0.3) is 0 Å². The van der Waals surface area contributed by atoms with Crippen LogP contribution in [0.15, 0.2) is 15.0 Å². The number of carbonyl (C=O) groups is 1. The van der Waals surface area contributed by atoms with Gasteiger partial charge in [-0.3, -0.25) is 0 Å². The van der Waals surface area contributed by atoms with Crippen molar-refractivity contribution in [2.24, 2.45) is 0 Å². The Labute approximate surface area is 109 Å². The van der Waals surface area contributed by atoms with Crippen LogP contribution < -0.4 is 5.32 Å². The molecule has 7 heteroatoms. The van der Waals surface area contributed by atoms with E-state index in [0.717, 1.165) is 0 Å². The summed E-state index contributed by atoms with van der Waals surface area (Å²) in [5.74, 6) is 1.22. The molecule has 102 valence electrons. The molecular weight excluding hydrogens is 250 g/mol. The zero-order valence-corrected chi connectivity index (χ0v) is 10.8. The van der Waals surface area contributed by atoms with Gasteiger partial charge in [0.05, 0.1) is 6.54 Å². The monoisotopic (exact) mass is 265 g/mol. The topological polar surface area (TPSA) is 101 Å². The van der Waals surface area contributed by atoms with Gasteiger partial charge in [0.1, 0.15) is 17.1 Å². The summed E-state index contributed by atoms with van der Waals surface area (Å²) in [6.45, 7) is 4.49. The lowest BCUT2D eigenvalue weighted by molar-refractivity contribution is 0.0695. The first-order valence-corrected chi connectivity index (χ1v) is 5.89. The van der Waals surface area contributed by atoms with Crippen molar-refractivity contribution in [2.45, 2.75) is 26.8 Å². The molecule has 0 aliphatic carbocycles. The highest BCUT2D eigenvalue weighted by Crippen LogP contribution is 2.14. The maximum Gasteiger partial charge on any atom is 0.339 e. The maximum atomic E-state index is 10.8. The minimum atomic E-state index is -0.977. The fourth-order valence-corrected chi connectivity index (χ4v) is 1.70. The van der Waals surface area contributed by atoms with Crippen molar-refractivity contribution in [3.63, 3.8) is 0 Å². The van der Waals surface area contributed by atoms with Crippen LogP contribution in [0, 0.1) is 13.8 Å². The van der Waals surface area contributed by atoms with E-state index in [2.05, 4.69) is 15.5 Å². The van der Waals surface area contributed by atoms with Crippen molar-refractivity contribution in [1.82, 2.24) is 15.5 Å². The number of carboxylic acid groups (broad SMARTS) is 1. The van der Waals surface area contributed by atoms with E-state index in [4.69, 9.17) is 14.0 Å². The standard InChI is InChI=1S/C12H15N3O4/c1-7-10(12(16)17)5-9(18-7)6-13-4-3-11-14-8(2)19-15-11/h5,13H,3-4,6H2,1-2H3,(H,16,17). The smallest absolute Gasteiger partial charge is 0.339 e. The second-order valence-electron chi connectivity index (χ2n) is 4.14. The van der Waals surface area contributed by atoms with Crippen LogP contribution in [0.5, 0.6) is 0 Å². The van der Waals surface area contributed by atoms with Crippen LogP contribution in [-0.2, 0) is 13.0 Å². The molecule has 0 amide bonds. The highest BCUT2D eigenvalue weighted by Gasteiger charge is 2.13. The van der Waals surface area contributed by atoms with Crippen LogP contribution in [-0.4, -0.2) is 27.8 Å². The highest BCUT2D eigenvalue weighted by molar-refractivity contribution is 5.88.